The summed E-state index contributed by atoms with van der Waals surface area (Å²) in [5.74, 6) is 1.44. The predicted octanol–water partition coefficient (Wildman–Crippen LogP) is 3.79. The van der Waals surface area contributed by atoms with Gasteiger partial charge in [0, 0.05) is 32.0 Å². The molecule has 4 heteroatoms. The average molecular weight is 335 g/mol. The largest absolute Gasteiger partial charge is 0.493 e. The average Bonchev–Trinajstić information content (AvgIpc) is 3.19. The van der Waals surface area contributed by atoms with Crippen LogP contribution in [-0.2, 0) is 9.53 Å². The highest BCUT2D eigenvalue weighted by molar-refractivity contribution is 5.77. The number of carbonyl (C=O) groups excluding carboxylic acids is 1. The molecule has 136 valence electrons. The maximum atomic E-state index is 11.7. The Morgan fingerprint density at radius 2 is 2.17 bits per heavy atom. The first-order valence-corrected chi connectivity index (χ1v) is 9.78. The molecule has 1 N–H and O–H groups in total. The second kappa shape index (κ2) is 10.5. The molecule has 0 bridgehead atoms. The topological polar surface area (TPSA) is 41.6 Å². The molecule has 2 heterocycles. The smallest absolute Gasteiger partial charge is 0.222 e. The van der Waals surface area contributed by atoms with Crippen LogP contribution in [0.5, 0.6) is 0 Å². The van der Waals surface area contributed by atoms with E-state index < -0.39 is 0 Å². The van der Waals surface area contributed by atoms with E-state index in [1.807, 2.05) is 4.90 Å². The van der Waals surface area contributed by atoms with E-state index >= 15 is 0 Å². The van der Waals surface area contributed by atoms with E-state index in [9.17, 15) is 4.79 Å². The van der Waals surface area contributed by atoms with Gasteiger partial charge in [-0.05, 0) is 56.7 Å². The van der Waals surface area contributed by atoms with Gasteiger partial charge in [-0.15, -0.1) is 0 Å². The van der Waals surface area contributed by atoms with Crippen LogP contribution in [0.3, 0.4) is 0 Å². The molecule has 0 aliphatic carbocycles. The van der Waals surface area contributed by atoms with Gasteiger partial charge in [0.2, 0.25) is 5.91 Å². The summed E-state index contributed by atoms with van der Waals surface area (Å²) in [5, 5.41) is 3.66. The van der Waals surface area contributed by atoms with E-state index in [4.69, 9.17) is 4.74 Å². The number of carbonyl (C=O) groups is 1. The molecule has 1 atom stereocenters. The fourth-order valence-corrected chi connectivity index (χ4v) is 3.45. The summed E-state index contributed by atoms with van der Waals surface area (Å²) in [4.78, 5) is 13.7. The molecular formula is C20H34N2O2. The second-order valence-corrected chi connectivity index (χ2v) is 6.78. The maximum Gasteiger partial charge on any atom is 0.222 e. The molecule has 0 aromatic heterocycles. The maximum absolute atomic E-state index is 11.7. The van der Waals surface area contributed by atoms with Crippen LogP contribution in [0.25, 0.3) is 0 Å². The number of likely N-dealkylation sites (tertiary alicyclic amines) is 1. The van der Waals surface area contributed by atoms with Crippen LogP contribution in [0.1, 0.15) is 65.2 Å². The zero-order chi connectivity index (χ0) is 17.2. The van der Waals surface area contributed by atoms with E-state index in [1.165, 1.54) is 5.57 Å². The normalized spacial score (nSPS) is 22.6. The SMILES string of the molecule is CC/C=C1/OCC/C1=C/CCCNC(CC)CCN1CCCC1=O. The van der Waals surface area contributed by atoms with Crippen molar-refractivity contribution in [3.63, 3.8) is 0 Å². The molecule has 2 aliphatic rings. The van der Waals surface area contributed by atoms with Crippen LogP contribution in [0.2, 0.25) is 0 Å². The quantitative estimate of drug-likeness (QED) is 0.618. The summed E-state index contributed by atoms with van der Waals surface area (Å²) in [5.41, 5.74) is 1.39. The molecule has 0 radical (unpaired) electrons. The van der Waals surface area contributed by atoms with Crippen LogP contribution >= 0.6 is 0 Å². The highest BCUT2D eigenvalue weighted by atomic mass is 16.5. The van der Waals surface area contributed by atoms with Crippen LogP contribution < -0.4 is 5.32 Å². The number of hydrogen-bond donors (Lipinski definition) is 1. The van der Waals surface area contributed by atoms with Crippen LogP contribution in [0.4, 0.5) is 0 Å². The van der Waals surface area contributed by atoms with Crippen molar-refractivity contribution in [2.75, 3.05) is 26.2 Å². The van der Waals surface area contributed by atoms with E-state index in [0.717, 1.165) is 83.4 Å². The van der Waals surface area contributed by atoms with Gasteiger partial charge in [0.15, 0.2) is 0 Å². The minimum Gasteiger partial charge on any atom is -0.493 e. The van der Waals surface area contributed by atoms with Crippen molar-refractivity contribution in [2.45, 2.75) is 71.3 Å². The number of amides is 1. The number of hydrogen-bond acceptors (Lipinski definition) is 3. The van der Waals surface area contributed by atoms with Gasteiger partial charge >= 0.3 is 0 Å². The first-order chi connectivity index (χ1) is 11.7. The molecule has 2 aliphatic heterocycles. The minimum absolute atomic E-state index is 0.339. The molecule has 2 saturated heterocycles. The molecule has 0 spiro atoms. The van der Waals surface area contributed by atoms with Gasteiger partial charge in [-0.2, -0.15) is 0 Å². The van der Waals surface area contributed by atoms with Crippen LogP contribution in [-0.4, -0.2) is 43.1 Å². The van der Waals surface area contributed by atoms with Crippen LogP contribution in [0, 0.1) is 0 Å². The zero-order valence-electron chi connectivity index (χ0n) is 15.5. The Kier molecular flexibility index (Phi) is 8.37. The van der Waals surface area contributed by atoms with Gasteiger partial charge in [-0.1, -0.05) is 19.9 Å². The number of nitrogens with zero attached hydrogens (tertiary/aromatic N) is 1. The van der Waals surface area contributed by atoms with Crippen molar-refractivity contribution in [3.8, 4) is 0 Å². The Labute approximate surface area is 147 Å². The molecule has 0 aromatic rings. The van der Waals surface area contributed by atoms with Gasteiger partial charge < -0.3 is 15.0 Å². The molecule has 1 amide bonds. The monoisotopic (exact) mass is 334 g/mol. The van der Waals surface area contributed by atoms with Crippen molar-refractivity contribution in [2.24, 2.45) is 0 Å². The van der Waals surface area contributed by atoms with Crippen molar-refractivity contribution in [1.82, 2.24) is 10.2 Å². The van der Waals surface area contributed by atoms with Crippen LogP contribution in [0.15, 0.2) is 23.5 Å². The molecule has 0 saturated carbocycles. The number of ether oxygens (including phenoxy) is 1. The van der Waals surface area contributed by atoms with Gasteiger partial charge in [-0.3, -0.25) is 4.79 Å². The third-order valence-corrected chi connectivity index (χ3v) is 4.95. The highest BCUT2D eigenvalue weighted by Gasteiger charge is 2.20. The van der Waals surface area contributed by atoms with Crippen molar-refractivity contribution in [1.29, 1.82) is 0 Å². The molecule has 1 unspecified atom stereocenters. The van der Waals surface area contributed by atoms with E-state index in [1.54, 1.807) is 0 Å². The lowest BCUT2D eigenvalue weighted by atomic mass is 10.1. The van der Waals surface area contributed by atoms with Gasteiger partial charge in [0.05, 0.1) is 6.61 Å². The minimum atomic E-state index is 0.339. The Hall–Kier alpha value is -1.29. The summed E-state index contributed by atoms with van der Waals surface area (Å²) in [7, 11) is 0. The highest BCUT2D eigenvalue weighted by Crippen LogP contribution is 2.24. The lowest BCUT2D eigenvalue weighted by molar-refractivity contribution is -0.127. The predicted molar refractivity (Wildman–Crippen MR) is 98.8 cm³/mol. The van der Waals surface area contributed by atoms with Gasteiger partial charge in [0.25, 0.3) is 0 Å². The second-order valence-electron chi connectivity index (χ2n) is 6.78. The van der Waals surface area contributed by atoms with E-state index in [-0.39, 0.29) is 0 Å². The summed E-state index contributed by atoms with van der Waals surface area (Å²) in [6.07, 6.45) is 12.9. The van der Waals surface area contributed by atoms with Crippen molar-refractivity contribution < 1.29 is 9.53 Å². The lowest BCUT2D eigenvalue weighted by Crippen LogP contribution is -2.35. The number of allylic oxidation sites excluding steroid dienone is 3. The number of unbranched alkanes of at least 4 members (excludes halogenated alkanes) is 1. The van der Waals surface area contributed by atoms with E-state index in [2.05, 4.69) is 31.3 Å². The molecule has 4 nitrogen and oxygen atoms in total. The van der Waals surface area contributed by atoms with Crippen molar-refractivity contribution >= 4 is 5.91 Å². The first-order valence-electron chi connectivity index (χ1n) is 9.78. The molecule has 0 aromatic carbocycles. The fourth-order valence-electron chi connectivity index (χ4n) is 3.45. The Morgan fingerprint density at radius 3 is 2.88 bits per heavy atom. The van der Waals surface area contributed by atoms with Crippen molar-refractivity contribution in [3.05, 3.63) is 23.5 Å². The summed E-state index contributed by atoms with van der Waals surface area (Å²) < 4.78 is 5.65. The number of rotatable bonds is 10. The third-order valence-electron chi connectivity index (χ3n) is 4.95. The van der Waals surface area contributed by atoms with Gasteiger partial charge in [-0.25, -0.2) is 0 Å². The van der Waals surface area contributed by atoms with Gasteiger partial charge in [0.1, 0.15) is 5.76 Å². The summed E-state index contributed by atoms with van der Waals surface area (Å²) in [6.45, 7) is 8.13. The van der Waals surface area contributed by atoms with E-state index in [0.29, 0.717) is 11.9 Å². The summed E-state index contributed by atoms with van der Waals surface area (Å²) in [6, 6.07) is 0.524. The lowest BCUT2D eigenvalue weighted by Gasteiger charge is -2.21. The standard InChI is InChI=1S/C20H34N2O2/c1-3-8-19-17(12-16-24-19)9-5-6-13-21-18(4-2)11-15-22-14-7-10-20(22)23/h8-9,18,21H,3-7,10-16H2,1-2H3/b17-9-,19-8+. The Bertz CT molecular complexity index is 457. The third kappa shape index (κ3) is 5.97. The Morgan fingerprint density at radius 1 is 1.29 bits per heavy atom. The molecule has 24 heavy (non-hydrogen) atoms. The molecule has 2 rings (SSSR count). The number of nitrogens with one attached hydrogen (secondary N) is 1. The molecular weight excluding hydrogens is 300 g/mol. The summed E-state index contributed by atoms with van der Waals surface area (Å²) >= 11 is 0. The first kappa shape index (κ1) is 19.0. The zero-order valence-corrected chi connectivity index (χ0v) is 15.5. The fraction of sp³-hybridized carbons (Fsp3) is 0.750. The Balaban J connectivity index is 1.61. The molecule has 2 fully saturated rings.